The van der Waals surface area contributed by atoms with Crippen LogP contribution in [0.1, 0.15) is 86.0 Å². The van der Waals surface area contributed by atoms with Gasteiger partial charge >= 0.3 is 6.09 Å². The Bertz CT molecular complexity index is 2260. The quantitative estimate of drug-likeness (QED) is 0.137. The third-order valence-electron chi connectivity index (χ3n) is 11.7. The van der Waals surface area contributed by atoms with Crippen LogP contribution in [0.15, 0.2) is 73.1 Å². The molecular weight excluding hydrogens is 770 g/mol. The van der Waals surface area contributed by atoms with Crippen LogP contribution in [0.5, 0.6) is 0 Å². The number of benzene rings is 2. The molecule has 3 amide bonds. The molecule has 59 heavy (non-hydrogen) atoms. The molecule has 0 spiro atoms. The Balaban J connectivity index is 0.970. The van der Waals surface area contributed by atoms with Crippen LogP contribution in [0.4, 0.5) is 4.79 Å². The number of halogens is 1. The summed E-state index contributed by atoms with van der Waals surface area (Å²) in [6.45, 7) is 2.15. The molecule has 308 valence electrons. The van der Waals surface area contributed by atoms with Crippen LogP contribution >= 0.6 is 11.6 Å². The van der Waals surface area contributed by atoms with Gasteiger partial charge in [-0.2, -0.15) is 0 Å². The van der Waals surface area contributed by atoms with Crippen LogP contribution in [-0.2, 0) is 25.7 Å². The Morgan fingerprint density at radius 1 is 0.847 bits per heavy atom. The number of hydrogen-bond acceptors (Lipinski definition) is 9. The maximum Gasteiger partial charge on any atom is 0.407 e. The van der Waals surface area contributed by atoms with E-state index >= 15 is 0 Å². The number of fused-ring (bicyclic) bond motifs is 4. The summed E-state index contributed by atoms with van der Waals surface area (Å²) in [5.74, 6) is 1.40. The second kappa shape index (κ2) is 17.7. The number of ether oxygens (including phenoxy) is 2. The van der Waals surface area contributed by atoms with Gasteiger partial charge in [0, 0.05) is 31.5 Å². The fourth-order valence-electron chi connectivity index (χ4n) is 8.63. The van der Waals surface area contributed by atoms with Gasteiger partial charge in [-0.05, 0) is 87.4 Å². The van der Waals surface area contributed by atoms with Crippen molar-refractivity contribution in [3.8, 4) is 33.6 Å². The molecule has 8 rings (SSSR count). The number of imidazole rings is 2. The highest BCUT2D eigenvalue weighted by Gasteiger charge is 2.38. The average molecular weight is 820 g/mol. The van der Waals surface area contributed by atoms with E-state index in [2.05, 4.69) is 68.8 Å². The molecular formula is C44H50ClN9O5. The van der Waals surface area contributed by atoms with Gasteiger partial charge in [0.15, 0.2) is 0 Å². The maximum absolute atomic E-state index is 14.0. The van der Waals surface area contributed by atoms with E-state index in [1.807, 2.05) is 41.1 Å². The van der Waals surface area contributed by atoms with Crippen molar-refractivity contribution in [1.29, 1.82) is 0 Å². The van der Waals surface area contributed by atoms with Gasteiger partial charge in [-0.15, -0.1) is 0 Å². The number of nitrogens with zero attached hydrogens (tertiary/aromatic N) is 6. The molecule has 15 heteroatoms. The molecule has 1 unspecified atom stereocenters. The minimum atomic E-state index is -0.669. The molecule has 2 saturated heterocycles. The standard InChI is InChI=1S/C44H50ClN9O5/c1-52(2)39(31-19-20-37(45)46-24-31)43(56)54-22-6-9-35(54)40-47-25-33(48-40)29-15-11-27(12-16-29)28-13-17-30(18-14-28)38-34-26-59-23-5-4-8-32(50-44(57)58-3)42(55)53-21-7-10-36(53)41(49-34)51-38/h11-20,24-25,32,35-36,39H,4-10,21-23,26H2,1-3H3,(H,47,48)(H,49,51)(H,50,57)/t32-,35-,36-,39?/m0/s1. The van der Waals surface area contributed by atoms with E-state index in [4.69, 9.17) is 31.0 Å². The molecule has 3 N–H and O–H groups in total. The van der Waals surface area contributed by atoms with Crippen LogP contribution in [0, 0.1) is 0 Å². The van der Waals surface area contributed by atoms with Crippen molar-refractivity contribution in [2.45, 2.75) is 75.7 Å². The number of aromatic amines is 2. The van der Waals surface area contributed by atoms with E-state index < -0.39 is 18.2 Å². The van der Waals surface area contributed by atoms with Crippen LogP contribution < -0.4 is 5.32 Å². The van der Waals surface area contributed by atoms with Crippen molar-refractivity contribution in [3.05, 3.63) is 101 Å². The Kier molecular flexibility index (Phi) is 12.1. The number of H-pyrrole nitrogens is 2. The lowest BCUT2D eigenvalue weighted by Gasteiger charge is -2.31. The number of pyridine rings is 1. The van der Waals surface area contributed by atoms with Crippen molar-refractivity contribution in [2.24, 2.45) is 0 Å². The second-order valence-corrected chi connectivity index (χ2v) is 16.1. The third-order valence-corrected chi connectivity index (χ3v) is 11.9. The Morgan fingerprint density at radius 2 is 1.56 bits per heavy atom. The lowest BCUT2D eigenvalue weighted by atomic mass is 10.0. The normalized spacial score (nSPS) is 20.4. The zero-order valence-corrected chi connectivity index (χ0v) is 34.4. The molecule has 5 aromatic rings. The van der Waals surface area contributed by atoms with Crippen LogP contribution in [0.2, 0.25) is 5.15 Å². The van der Waals surface area contributed by atoms with Gasteiger partial charge in [0.2, 0.25) is 11.8 Å². The molecule has 14 nitrogen and oxygen atoms in total. The van der Waals surface area contributed by atoms with E-state index in [1.165, 1.54) is 7.11 Å². The Labute approximate surface area is 348 Å². The summed E-state index contributed by atoms with van der Waals surface area (Å²) in [5.41, 5.74) is 7.44. The summed E-state index contributed by atoms with van der Waals surface area (Å²) in [5, 5.41) is 3.14. The third kappa shape index (κ3) is 8.61. The molecule has 6 heterocycles. The van der Waals surface area contributed by atoms with Crippen molar-refractivity contribution >= 4 is 29.5 Å². The van der Waals surface area contributed by atoms with Crippen LogP contribution in [-0.4, -0.2) is 104 Å². The van der Waals surface area contributed by atoms with Crippen LogP contribution in [0.3, 0.4) is 0 Å². The van der Waals surface area contributed by atoms with Gasteiger partial charge < -0.3 is 34.6 Å². The minimum absolute atomic E-state index is 0.0134. The first kappa shape index (κ1) is 40.2. The van der Waals surface area contributed by atoms with Gasteiger partial charge in [-0.3, -0.25) is 14.5 Å². The van der Waals surface area contributed by atoms with Gasteiger partial charge in [-0.25, -0.2) is 19.7 Å². The Morgan fingerprint density at radius 3 is 2.27 bits per heavy atom. The molecule has 3 aromatic heterocycles. The smallest absolute Gasteiger partial charge is 0.407 e. The van der Waals surface area contributed by atoms with Crippen molar-refractivity contribution in [3.63, 3.8) is 0 Å². The fourth-order valence-corrected chi connectivity index (χ4v) is 8.74. The summed E-state index contributed by atoms with van der Waals surface area (Å²) in [4.78, 5) is 66.6. The molecule has 3 aliphatic heterocycles. The summed E-state index contributed by atoms with van der Waals surface area (Å²) >= 11 is 6.04. The minimum Gasteiger partial charge on any atom is -0.453 e. The number of nitrogens with one attached hydrogen (secondary N) is 3. The second-order valence-electron chi connectivity index (χ2n) is 15.7. The van der Waals surface area contributed by atoms with Gasteiger partial charge in [-0.1, -0.05) is 66.2 Å². The van der Waals surface area contributed by atoms with Gasteiger partial charge in [0.25, 0.3) is 0 Å². The number of methoxy groups -OCH3 is 1. The molecule has 0 aliphatic carbocycles. The number of carbonyl (C=O) groups excluding carboxylic acids is 3. The Hall–Kier alpha value is -5.57. The van der Waals surface area contributed by atoms with Gasteiger partial charge in [0.05, 0.1) is 49.1 Å². The highest BCUT2D eigenvalue weighted by molar-refractivity contribution is 6.29. The van der Waals surface area contributed by atoms with Crippen molar-refractivity contribution in [1.82, 2.24) is 44.9 Å². The fraction of sp³-hybridized carbons (Fsp3) is 0.409. The first-order valence-electron chi connectivity index (χ1n) is 20.3. The largest absolute Gasteiger partial charge is 0.453 e. The van der Waals surface area contributed by atoms with E-state index in [1.54, 1.807) is 12.3 Å². The molecule has 0 saturated carbocycles. The highest BCUT2D eigenvalue weighted by Crippen LogP contribution is 2.37. The number of aromatic nitrogens is 5. The van der Waals surface area contributed by atoms with E-state index in [-0.39, 0.29) is 23.9 Å². The van der Waals surface area contributed by atoms with Crippen molar-refractivity contribution < 1.29 is 23.9 Å². The summed E-state index contributed by atoms with van der Waals surface area (Å²) in [6, 6.07) is 18.7. The zero-order chi connectivity index (χ0) is 41.0. The van der Waals surface area contributed by atoms with E-state index in [9.17, 15) is 14.4 Å². The predicted molar refractivity (Wildman–Crippen MR) is 223 cm³/mol. The summed E-state index contributed by atoms with van der Waals surface area (Å²) in [6.07, 6.45) is 8.25. The lowest BCUT2D eigenvalue weighted by Crippen LogP contribution is -2.48. The number of amides is 3. The number of alkyl carbamates (subject to hydrolysis) is 1. The number of hydrogen-bond donors (Lipinski definition) is 3. The molecule has 4 atom stereocenters. The zero-order valence-electron chi connectivity index (χ0n) is 33.6. The first-order chi connectivity index (χ1) is 28.7. The van der Waals surface area contributed by atoms with E-state index in [0.29, 0.717) is 37.9 Å². The number of carbonyl (C=O) groups is 3. The molecule has 2 aromatic carbocycles. The number of likely N-dealkylation sites (tertiary alicyclic amines) is 1. The number of rotatable bonds is 8. The first-order valence-corrected chi connectivity index (χ1v) is 20.7. The molecule has 2 bridgehead atoms. The number of likely N-dealkylation sites (N-methyl/N-ethyl adjacent to an activating group) is 1. The predicted octanol–water partition coefficient (Wildman–Crippen LogP) is 7.24. The van der Waals surface area contributed by atoms with Gasteiger partial charge in [0.1, 0.15) is 28.9 Å². The molecule has 0 radical (unpaired) electrons. The van der Waals surface area contributed by atoms with Crippen molar-refractivity contribution in [2.75, 3.05) is 40.9 Å². The summed E-state index contributed by atoms with van der Waals surface area (Å²) in [7, 11) is 5.10. The SMILES string of the molecule is COC(=O)N[C@H]1CCCCOCc2[nH]c(nc2-c2ccc(-c3ccc(-c4cnc([C@@H]5CCCN5C(=O)C(c5ccc(Cl)nc5)N(C)C)[nH]4)cc3)cc2)[C@@H]2CCCN2C1=O. The maximum atomic E-state index is 14.0. The summed E-state index contributed by atoms with van der Waals surface area (Å²) < 4.78 is 10.9. The topological polar surface area (TPSA) is 162 Å². The molecule has 2 fully saturated rings. The van der Waals surface area contributed by atoms with E-state index in [0.717, 1.165) is 95.1 Å². The monoisotopic (exact) mass is 819 g/mol. The average Bonchev–Trinajstić information content (AvgIpc) is 4.09. The molecule has 3 aliphatic rings. The van der Waals surface area contributed by atoms with Crippen LogP contribution in [0.25, 0.3) is 33.6 Å². The highest BCUT2D eigenvalue weighted by atomic mass is 35.5. The lowest BCUT2D eigenvalue weighted by molar-refractivity contribution is -0.137.